The molecule has 0 fully saturated rings. The van der Waals surface area contributed by atoms with Gasteiger partial charge in [0.2, 0.25) is 0 Å². The predicted octanol–water partition coefficient (Wildman–Crippen LogP) is 3.87. The lowest BCUT2D eigenvalue weighted by atomic mass is 10.3. The standard InChI is InChI=1S/C10H13BrF3NOS/c11-7-4-9(17-6-7)8(5-15)16-3-1-2-10(12,13)14/h4,6,8H,1-3,5,15H2. The van der Waals surface area contributed by atoms with Crippen LogP contribution in [-0.4, -0.2) is 19.3 Å². The van der Waals surface area contributed by atoms with Crippen LogP contribution < -0.4 is 5.73 Å². The summed E-state index contributed by atoms with van der Waals surface area (Å²) < 4.78 is 42.0. The molecule has 1 unspecified atom stereocenters. The highest BCUT2D eigenvalue weighted by atomic mass is 79.9. The molecule has 7 heteroatoms. The van der Waals surface area contributed by atoms with Crippen molar-refractivity contribution in [2.45, 2.75) is 25.1 Å². The van der Waals surface area contributed by atoms with Gasteiger partial charge < -0.3 is 10.5 Å². The van der Waals surface area contributed by atoms with E-state index in [1.165, 1.54) is 11.3 Å². The van der Waals surface area contributed by atoms with Crippen molar-refractivity contribution in [1.82, 2.24) is 0 Å². The van der Waals surface area contributed by atoms with Crippen molar-refractivity contribution in [1.29, 1.82) is 0 Å². The van der Waals surface area contributed by atoms with Crippen LogP contribution in [0.1, 0.15) is 23.8 Å². The van der Waals surface area contributed by atoms with Crippen molar-refractivity contribution >= 4 is 27.3 Å². The maximum atomic E-state index is 11.9. The normalized spacial score (nSPS) is 13.9. The van der Waals surface area contributed by atoms with E-state index in [0.29, 0.717) is 0 Å². The Hall–Kier alpha value is -0.110. The molecular weight excluding hydrogens is 319 g/mol. The third-order valence-corrected chi connectivity index (χ3v) is 3.83. The second kappa shape index (κ2) is 6.72. The van der Waals surface area contributed by atoms with E-state index in [4.69, 9.17) is 10.5 Å². The molecule has 0 aliphatic carbocycles. The number of thiophene rings is 1. The summed E-state index contributed by atoms with van der Waals surface area (Å²) in [7, 11) is 0. The van der Waals surface area contributed by atoms with Gasteiger partial charge in [0.15, 0.2) is 0 Å². The molecule has 0 aliphatic rings. The first-order chi connectivity index (χ1) is 7.92. The van der Waals surface area contributed by atoms with Crippen LogP contribution in [0.2, 0.25) is 0 Å². The number of nitrogens with two attached hydrogens (primary N) is 1. The Balaban J connectivity index is 2.33. The summed E-state index contributed by atoms with van der Waals surface area (Å²) in [6.45, 7) is 0.329. The summed E-state index contributed by atoms with van der Waals surface area (Å²) in [5.41, 5.74) is 5.53. The lowest BCUT2D eigenvalue weighted by Gasteiger charge is -2.14. The van der Waals surface area contributed by atoms with Gasteiger partial charge in [-0.25, -0.2) is 0 Å². The van der Waals surface area contributed by atoms with Gasteiger partial charge in [-0.2, -0.15) is 13.2 Å². The zero-order valence-corrected chi connectivity index (χ0v) is 11.4. The quantitative estimate of drug-likeness (QED) is 0.803. The molecule has 0 spiro atoms. The van der Waals surface area contributed by atoms with Gasteiger partial charge in [-0.05, 0) is 28.4 Å². The lowest BCUT2D eigenvalue weighted by molar-refractivity contribution is -0.138. The number of halogens is 4. The Kier molecular flexibility index (Phi) is 5.91. The molecule has 17 heavy (non-hydrogen) atoms. The second-order valence-electron chi connectivity index (χ2n) is 3.48. The minimum absolute atomic E-state index is 0.0352. The number of hydrogen-bond donors (Lipinski definition) is 1. The van der Waals surface area contributed by atoms with Crippen LogP contribution in [0, 0.1) is 0 Å². The molecule has 0 saturated heterocycles. The van der Waals surface area contributed by atoms with Crippen molar-refractivity contribution in [3.05, 3.63) is 20.8 Å². The minimum atomic E-state index is -4.12. The Labute approximate surface area is 110 Å². The van der Waals surface area contributed by atoms with Crippen LogP contribution in [0.3, 0.4) is 0 Å². The molecule has 0 aromatic carbocycles. The van der Waals surface area contributed by atoms with E-state index in [-0.39, 0.29) is 25.7 Å². The lowest BCUT2D eigenvalue weighted by Crippen LogP contribution is -2.16. The monoisotopic (exact) mass is 331 g/mol. The number of alkyl halides is 3. The van der Waals surface area contributed by atoms with Gasteiger partial charge in [0.25, 0.3) is 0 Å². The summed E-state index contributed by atoms with van der Waals surface area (Å²) in [5, 5.41) is 1.89. The van der Waals surface area contributed by atoms with Crippen molar-refractivity contribution < 1.29 is 17.9 Å². The van der Waals surface area contributed by atoms with Gasteiger partial charge >= 0.3 is 6.18 Å². The fourth-order valence-corrected chi connectivity index (χ4v) is 2.77. The van der Waals surface area contributed by atoms with Crippen LogP contribution in [0.4, 0.5) is 13.2 Å². The van der Waals surface area contributed by atoms with E-state index in [9.17, 15) is 13.2 Å². The van der Waals surface area contributed by atoms with E-state index >= 15 is 0 Å². The smallest absolute Gasteiger partial charge is 0.371 e. The third-order valence-electron chi connectivity index (χ3n) is 2.04. The van der Waals surface area contributed by atoms with Gasteiger partial charge in [0, 0.05) is 34.3 Å². The van der Waals surface area contributed by atoms with Crippen LogP contribution in [0.5, 0.6) is 0 Å². The number of ether oxygens (including phenoxy) is 1. The largest absolute Gasteiger partial charge is 0.389 e. The first-order valence-corrected chi connectivity index (χ1v) is 6.72. The molecule has 0 aliphatic heterocycles. The molecule has 1 rings (SSSR count). The van der Waals surface area contributed by atoms with E-state index in [0.717, 1.165) is 9.35 Å². The van der Waals surface area contributed by atoms with E-state index in [1.54, 1.807) is 0 Å². The Morgan fingerprint density at radius 1 is 1.47 bits per heavy atom. The first-order valence-electron chi connectivity index (χ1n) is 5.04. The van der Waals surface area contributed by atoms with Crippen molar-refractivity contribution in [2.75, 3.05) is 13.2 Å². The highest BCUT2D eigenvalue weighted by molar-refractivity contribution is 9.10. The third kappa shape index (κ3) is 5.85. The zero-order chi connectivity index (χ0) is 12.9. The maximum absolute atomic E-state index is 11.9. The van der Waals surface area contributed by atoms with Gasteiger partial charge in [-0.1, -0.05) is 0 Å². The maximum Gasteiger partial charge on any atom is 0.389 e. The van der Waals surface area contributed by atoms with Crippen LogP contribution >= 0.6 is 27.3 Å². The Morgan fingerprint density at radius 3 is 2.65 bits per heavy atom. The molecular formula is C10H13BrF3NOS. The minimum Gasteiger partial charge on any atom is -0.371 e. The molecule has 98 valence electrons. The summed E-state index contributed by atoms with van der Waals surface area (Å²) >= 11 is 4.77. The van der Waals surface area contributed by atoms with Crippen LogP contribution in [-0.2, 0) is 4.74 Å². The summed E-state index contributed by atoms with van der Waals surface area (Å²) in [6.07, 6.45) is -5.29. The molecule has 0 radical (unpaired) electrons. The SMILES string of the molecule is NCC(OCCCC(F)(F)F)c1cc(Br)cs1. The van der Waals surface area contributed by atoms with E-state index < -0.39 is 12.6 Å². The van der Waals surface area contributed by atoms with Crippen molar-refractivity contribution in [2.24, 2.45) is 5.73 Å². The van der Waals surface area contributed by atoms with E-state index in [1.807, 2.05) is 11.4 Å². The zero-order valence-electron chi connectivity index (χ0n) is 8.97. The topological polar surface area (TPSA) is 35.2 Å². The van der Waals surface area contributed by atoms with Crippen LogP contribution in [0.15, 0.2) is 15.9 Å². The molecule has 0 saturated carbocycles. The van der Waals surface area contributed by atoms with E-state index in [2.05, 4.69) is 15.9 Å². The summed E-state index contributed by atoms with van der Waals surface area (Å²) in [5.74, 6) is 0. The van der Waals surface area contributed by atoms with Gasteiger partial charge in [0.1, 0.15) is 6.10 Å². The fraction of sp³-hybridized carbons (Fsp3) is 0.600. The molecule has 1 aromatic heterocycles. The first kappa shape index (κ1) is 14.9. The molecule has 1 atom stereocenters. The average molecular weight is 332 g/mol. The second-order valence-corrected chi connectivity index (χ2v) is 5.34. The number of rotatable bonds is 6. The molecule has 2 N–H and O–H groups in total. The van der Waals surface area contributed by atoms with Gasteiger partial charge in [-0.15, -0.1) is 11.3 Å². The van der Waals surface area contributed by atoms with Crippen LogP contribution in [0.25, 0.3) is 0 Å². The summed E-state index contributed by atoms with van der Waals surface area (Å²) in [6, 6.07) is 1.87. The predicted molar refractivity (Wildman–Crippen MR) is 65.1 cm³/mol. The fourth-order valence-electron chi connectivity index (χ4n) is 1.26. The van der Waals surface area contributed by atoms with Gasteiger partial charge in [-0.3, -0.25) is 0 Å². The van der Waals surface area contributed by atoms with Crippen molar-refractivity contribution in [3.8, 4) is 0 Å². The molecule has 0 amide bonds. The Bertz CT molecular complexity index is 343. The summed E-state index contributed by atoms with van der Waals surface area (Å²) in [4.78, 5) is 0.923. The molecule has 1 heterocycles. The average Bonchev–Trinajstić information content (AvgIpc) is 2.63. The Morgan fingerprint density at radius 2 is 2.18 bits per heavy atom. The highest BCUT2D eigenvalue weighted by Crippen LogP contribution is 2.28. The molecule has 1 aromatic rings. The molecule has 2 nitrogen and oxygen atoms in total. The molecule has 0 bridgehead atoms. The number of hydrogen-bond acceptors (Lipinski definition) is 3. The highest BCUT2D eigenvalue weighted by Gasteiger charge is 2.26. The van der Waals surface area contributed by atoms with Gasteiger partial charge in [0.05, 0.1) is 0 Å². The van der Waals surface area contributed by atoms with Crippen molar-refractivity contribution in [3.63, 3.8) is 0 Å².